The number of aliphatic imine (C=N–C) groups is 2. The molecule has 0 saturated heterocycles. The number of carbonyl (C=O) groups excluding carboxylic acids is 1. The zero-order valence-electron chi connectivity index (χ0n) is 14.5. The van der Waals surface area contributed by atoms with Crippen molar-refractivity contribution < 1.29 is 4.79 Å². The fourth-order valence-electron chi connectivity index (χ4n) is 3.08. The minimum atomic E-state index is -0.354. The van der Waals surface area contributed by atoms with Crippen molar-refractivity contribution in [3.63, 3.8) is 0 Å². The first-order valence-corrected chi connectivity index (χ1v) is 9.88. The van der Waals surface area contributed by atoms with Gasteiger partial charge in [0.25, 0.3) is 5.91 Å². The maximum Gasteiger partial charge on any atom is 0.259 e. The van der Waals surface area contributed by atoms with E-state index in [1.165, 1.54) is 11.8 Å². The van der Waals surface area contributed by atoms with Gasteiger partial charge in [-0.1, -0.05) is 61.5 Å². The molecule has 0 aliphatic carbocycles. The topological polar surface area (TPSA) is 45.0 Å². The van der Waals surface area contributed by atoms with Crippen LogP contribution in [0, 0.1) is 5.92 Å². The van der Waals surface area contributed by atoms with Crippen LogP contribution in [0.1, 0.15) is 25.0 Å². The van der Waals surface area contributed by atoms with Crippen molar-refractivity contribution in [3.8, 4) is 0 Å². The van der Waals surface area contributed by atoms with Crippen LogP contribution in [0.25, 0.3) is 0 Å². The average molecular weight is 384 g/mol. The molecule has 0 N–H and O–H groups in total. The second-order valence-electron chi connectivity index (χ2n) is 6.65. The Kier molecular flexibility index (Phi) is 4.59. The Morgan fingerprint density at radius 1 is 1.19 bits per heavy atom. The van der Waals surface area contributed by atoms with E-state index in [2.05, 4.69) is 0 Å². The fourth-order valence-corrected chi connectivity index (χ4v) is 4.23. The first-order valence-electron chi connectivity index (χ1n) is 8.51. The van der Waals surface area contributed by atoms with Gasteiger partial charge in [-0.05, 0) is 35.7 Å². The lowest BCUT2D eigenvalue weighted by Crippen LogP contribution is -2.41. The largest absolute Gasteiger partial charge is 0.271 e. The molecule has 0 aromatic heterocycles. The van der Waals surface area contributed by atoms with Crippen LogP contribution in [0.5, 0.6) is 0 Å². The summed E-state index contributed by atoms with van der Waals surface area (Å²) in [6, 6.07) is 15.2. The molecule has 2 aromatic carbocycles. The summed E-state index contributed by atoms with van der Waals surface area (Å²) in [5.41, 5.74) is 2.86. The fraction of sp³-hybridized carbons (Fsp3) is 0.250. The molecule has 4 nitrogen and oxygen atoms in total. The van der Waals surface area contributed by atoms with E-state index < -0.39 is 0 Å². The summed E-state index contributed by atoms with van der Waals surface area (Å²) >= 11 is 7.61. The highest BCUT2D eigenvalue weighted by Gasteiger charge is 2.42. The first kappa shape index (κ1) is 17.3. The Hall–Kier alpha value is -2.11. The second kappa shape index (κ2) is 6.89. The van der Waals surface area contributed by atoms with Crippen molar-refractivity contribution in [2.24, 2.45) is 15.9 Å². The maximum atomic E-state index is 13.0. The number of hydrogen-bond acceptors (Lipinski definition) is 4. The molecule has 0 bridgehead atoms. The van der Waals surface area contributed by atoms with E-state index in [1.54, 1.807) is 4.90 Å². The van der Waals surface area contributed by atoms with E-state index in [0.29, 0.717) is 21.8 Å². The number of rotatable bonds is 3. The molecule has 0 saturated carbocycles. The molecule has 0 fully saturated rings. The third-order valence-corrected chi connectivity index (χ3v) is 5.63. The van der Waals surface area contributed by atoms with Gasteiger partial charge in [-0.2, -0.15) is 0 Å². The molecule has 1 atom stereocenters. The predicted molar refractivity (Wildman–Crippen MR) is 108 cm³/mol. The summed E-state index contributed by atoms with van der Waals surface area (Å²) in [5, 5.41) is 1.38. The highest BCUT2D eigenvalue weighted by molar-refractivity contribution is 8.13. The number of carbonyl (C=O) groups is 1. The molecule has 0 unspecified atom stereocenters. The molecular formula is C20H18ClN3OS. The van der Waals surface area contributed by atoms with Gasteiger partial charge in [-0.25, -0.2) is 9.89 Å². The Morgan fingerprint density at radius 3 is 2.77 bits per heavy atom. The smallest absolute Gasteiger partial charge is 0.259 e. The van der Waals surface area contributed by atoms with E-state index in [-0.39, 0.29) is 17.9 Å². The Morgan fingerprint density at radius 2 is 2.00 bits per heavy atom. The number of halogens is 1. The molecule has 1 amide bonds. The molecule has 2 aromatic rings. The van der Waals surface area contributed by atoms with Crippen LogP contribution in [0.4, 0.5) is 5.69 Å². The van der Waals surface area contributed by atoms with Crippen molar-refractivity contribution in [2.45, 2.75) is 25.6 Å². The van der Waals surface area contributed by atoms with Crippen LogP contribution in [-0.4, -0.2) is 27.9 Å². The quantitative estimate of drug-likeness (QED) is 0.757. The van der Waals surface area contributed by atoms with Gasteiger partial charge in [0.05, 0.1) is 5.69 Å². The SMILES string of the molecule is CC(C)[C@@H]1N=C2c3ccccc3N=C(SCc3cccc(Cl)c3)N2C1=O. The van der Waals surface area contributed by atoms with Gasteiger partial charge in [0, 0.05) is 16.3 Å². The monoisotopic (exact) mass is 383 g/mol. The third kappa shape index (κ3) is 3.06. The minimum Gasteiger partial charge on any atom is -0.271 e. The van der Waals surface area contributed by atoms with Crippen LogP contribution < -0.4 is 0 Å². The normalized spacial score (nSPS) is 18.5. The number of nitrogens with zero attached hydrogens (tertiary/aromatic N) is 3. The summed E-state index contributed by atoms with van der Waals surface area (Å²) < 4.78 is 0. The van der Waals surface area contributed by atoms with Gasteiger partial charge in [0.2, 0.25) is 0 Å². The molecule has 0 spiro atoms. The highest BCUT2D eigenvalue weighted by Crippen LogP contribution is 2.35. The van der Waals surface area contributed by atoms with Gasteiger partial charge in [0.1, 0.15) is 11.9 Å². The molecule has 4 rings (SSSR count). The van der Waals surface area contributed by atoms with Crippen molar-refractivity contribution in [2.75, 3.05) is 0 Å². The zero-order valence-corrected chi connectivity index (χ0v) is 16.1. The summed E-state index contributed by atoms with van der Waals surface area (Å²) in [6.45, 7) is 4.04. The van der Waals surface area contributed by atoms with E-state index in [4.69, 9.17) is 21.6 Å². The lowest BCUT2D eigenvalue weighted by Gasteiger charge is -2.25. The van der Waals surface area contributed by atoms with E-state index >= 15 is 0 Å². The van der Waals surface area contributed by atoms with Crippen LogP contribution in [0.15, 0.2) is 58.5 Å². The molecule has 2 aliphatic heterocycles. The number of amidine groups is 2. The minimum absolute atomic E-state index is 0.00171. The van der Waals surface area contributed by atoms with Crippen LogP contribution in [-0.2, 0) is 10.5 Å². The van der Waals surface area contributed by atoms with Crippen molar-refractivity contribution in [1.29, 1.82) is 0 Å². The predicted octanol–water partition coefficient (Wildman–Crippen LogP) is 4.89. The number of hydrogen-bond donors (Lipinski definition) is 0. The third-order valence-electron chi connectivity index (χ3n) is 4.39. The standard InChI is InChI=1S/C20H18ClN3OS/c1-12(2)17-19(25)24-18(23-17)15-8-3-4-9-16(15)22-20(24)26-11-13-6-5-7-14(21)10-13/h3-10,12,17H,11H2,1-2H3/t17-/m0/s1. The van der Waals surface area contributed by atoms with Gasteiger partial charge < -0.3 is 0 Å². The second-order valence-corrected chi connectivity index (χ2v) is 8.02. The molecule has 0 radical (unpaired) electrons. The van der Waals surface area contributed by atoms with E-state index in [9.17, 15) is 4.79 Å². The summed E-state index contributed by atoms with van der Waals surface area (Å²) in [4.78, 5) is 24.1. The summed E-state index contributed by atoms with van der Waals surface area (Å²) in [7, 11) is 0. The zero-order chi connectivity index (χ0) is 18.3. The molecule has 2 heterocycles. The van der Waals surface area contributed by atoms with Crippen molar-refractivity contribution in [1.82, 2.24) is 4.90 Å². The molecule has 6 heteroatoms. The van der Waals surface area contributed by atoms with Gasteiger partial charge in [-0.3, -0.25) is 9.79 Å². The summed E-state index contributed by atoms with van der Waals surface area (Å²) in [5.74, 6) is 1.55. The Balaban J connectivity index is 1.69. The van der Waals surface area contributed by atoms with Crippen LogP contribution in [0.2, 0.25) is 5.02 Å². The van der Waals surface area contributed by atoms with Gasteiger partial charge in [-0.15, -0.1) is 0 Å². The molecule has 132 valence electrons. The van der Waals surface area contributed by atoms with E-state index in [1.807, 2.05) is 62.4 Å². The molecule has 2 aliphatic rings. The summed E-state index contributed by atoms with van der Waals surface area (Å²) in [6.07, 6.45) is 0. The number of fused-ring (bicyclic) bond motifs is 3. The molecular weight excluding hydrogens is 366 g/mol. The van der Waals surface area contributed by atoms with Crippen molar-refractivity contribution >= 4 is 46.0 Å². The maximum absolute atomic E-state index is 13.0. The van der Waals surface area contributed by atoms with Crippen LogP contribution in [0.3, 0.4) is 0 Å². The number of thioether (sulfide) groups is 1. The number of amides is 1. The number of benzene rings is 2. The molecule has 26 heavy (non-hydrogen) atoms. The highest BCUT2D eigenvalue weighted by atomic mass is 35.5. The number of para-hydroxylation sites is 1. The Labute approximate surface area is 162 Å². The lowest BCUT2D eigenvalue weighted by atomic mass is 10.1. The van der Waals surface area contributed by atoms with Gasteiger partial charge >= 0.3 is 0 Å². The average Bonchev–Trinajstić information content (AvgIpc) is 2.98. The van der Waals surface area contributed by atoms with Crippen LogP contribution >= 0.6 is 23.4 Å². The van der Waals surface area contributed by atoms with E-state index in [0.717, 1.165) is 16.8 Å². The first-order chi connectivity index (χ1) is 12.5. The van der Waals surface area contributed by atoms with Gasteiger partial charge in [0.15, 0.2) is 5.17 Å². The Bertz CT molecular complexity index is 938. The lowest BCUT2D eigenvalue weighted by molar-refractivity contribution is -0.125. The van der Waals surface area contributed by atoms with Crippen molar-refractivity contribution in [3.05, 3.63) is 64.7 Å².